The van der Waals surface area contributed by atoms with Crippen LogP contribution in [0.5, 0.6) is 17.2 Å². The monoisotopic (exact) mass is 777 g/mol. The van der Waals surface area contributed by atoms with Gasteiger partial charge in [-0.15, -0.1) is 0 Å². The maximum absolute atomic E-state index is 14.1. The minimum atomic E-state index is -0.331. The Hall–Kier alpha value is -3.87. The number of fused-ring (bicyclic) bond motifs is 1. The van der Waals surface area contributed by atoms with E-state index in [1.54, 1.807) is 33.5 Å². The molecule has 3 aliphatic heterocycles. The normalized spacial score (nSPS) is 20.1. The van der Waals surface area contributed by atoms with Gasteiger partial charge in [-0.25, -0.2) is 4.98 Å². The van der Waals surface area contributed by atoms with Gasteiger partial charge < -0.3 is 33.3 Å². The summed E-state index contributed by atoms with van der Waals surface area (Å²) < 4.78 is 24.2. The highest BCUT2D eigenvalue weighted by Gasteiger charge is 2.42. The van der Waals surface area contributed by atoms with Crippen LogP contribution in [0.2, 0.25) is 10.0 Å². The third-order valence-electron chi connectivity index (χ3n) is 11.6. The molecule has 3 saturated heterocycles. The lowest BCUT2D eigenvalue weighted by Gasteiger charge is -2.36. The first-order chi connectivity index (χ1) is 26.2. The summed E-state index contributed by atoms with van der Waals surface area (Å²) in [6.45, 7) is 8.44. The second kappa shape index (κ2) is 16.9. The lowest BCUT2D eigenvalue weighted by molar-refractivity contribution is 0.0363. The van der Waals surface area contributed by atoms with Gasteiger partial charge in [-0.1, -0.05) is 41.4 Å². The molecule has 0 bridgehead atoms. The smallest absolute Gasteiger partial charge is 0.254 e. The molecule has 4 aromatic rings. The fourth-order valence-electron chi connectivity index (χ4n) is 8.37. The molecule has 3 fully saturated rings. The lowest BCUT2D eigenvalue weighted by Crippen LogP contribution is -2.41. The molecular formula is C41H49Cl2N5O6. The van der Waals surface area contributed by atoms with Crippen LogP contribution >= 0.6 is 23.2 Å². The number of ketones is 1. The van der Waals surface area contributed by atoms with Gasteiger partial charge in [-0.2, -0.15) is 0 Å². The number of carbonyl (C=O) groups excluding carboxylic acids is 2. The summed E-state index contributed by atoms with van der Waals surface area (Å²) in [5, 5.41) is 0.999. The summed E-state index contributed by atoms with van der Waals surface area (Å²) in [7, 11) is 4.62. The van der Waals surface area contributed by atoms with Crippen LogP contribution in [-0.4, -0.2) is 123 Å². The molecule has 1 atom stereocenters. The molecule has 13 heteroatoms. The van der Waals surface area contributed by atoms with Crippen molar-refractivity contribution in [2.75, 3.05) is 86.9 Å². The topological polar surface area (TPSA) is 98.6 Å². The summed E-state index contributed by atoms with van der Waals surface area (Å²) in [5.41, 5.74) is 3.08. The molecule has 54 heavy (non-hydrogen) atoms. The minimum Gasteiger partial charge on any atom is -0.493 e. The number of carbonyl (C=O) groups is 2. The number of halogens is 2. The predicted octanol–water partition coefficient (Wildman–Crippen LogP) is 6.47. The first kappa shape index (κ1) is 38.4. The second-order valence-electron chi connectivity index (χ2n) is 14.6. The molecule has 0 radical (unpaired) electrons. The second-order valence-corrected chi connectivity index (χ2v) is 15.4. The summed E-state index contributed by atoms with van der Waals surface area (Å²) in [5.74, 6) is 1.83. The molecule has 0 saturated carbocycles. The number of rotatable bonds is 13. The molecule has 1 amide bonds. The van der Waals surface area contributed by atoms with Gasteiger partial charge in [0.1, 0.15) is 0 Å². The van der Waals surface area contributed by atoms with E-state index in [4.69, 9.17) is 47.1 Å². The van der Waals surface area contributed by atoms with Gasteiger partial charge in [0.05, 0.1) is 55.6 Å². The average Bonchev–Trinajstić information content (AvgIpc) is 3.82. The summed E-state index contributed by atoms with van der Waals surface area (Å²) in [6, 6.07) is 17.3. The molecule has 3 aromatic carbocycles. The van der Waals surface area contributed by atoms with E-state index < -0.39 is 0 Å². The quantitative estimate of drug-likeness (QED) is 0.142. The molecule has 3 aliphatic rings. The zero-order valence-corrected chi connectivity index (χ0v) is 32.8. The van der Waals surface area contributed by atoms with Crippen molar-refractivity contribution in [3.63, 3.8) is 0 Å². The highest BCUT2D eigenvalue weighted by Crippen LogP contribution is 2.43. The van der Waals surface area contributed by atoms with Crippen LogP contribution < -0.4 is 14.2 Å². The summed E-state index contributed by atoms with van der Waals surface area (Å²) in [6.07, 6.45) is 3.14. The number of nitrogens with zero attached hydrogens (tertiary/aromatic N) is 5. The highest BCUT2D eigenvalue weighted by atomic mass is 35.5. The van der Waals surface area contributed by atoms with Crippen LogP contribution in [0.4, 0.5) is 0 Å². The van der Waals surface area contributed by atoms with E-state index in [1.807, 2.05) is 41.3 Å². The number of ether oxygens (including phenoxy) is 4. The lowest BCUT2D eigenvalue weighted by atomic mass is 9.76. The molecule has 0 spiro atoms. The highest BCUT2D eigenvalue weighted by molar-refractivity contribution is 6.42. The van der Waals surface area contributed by atoms with Crippen molar-refractivity contribution in [2.24, 2.45) is 5.92 Å². The Morgan fingerprint density at radius 3 is 2.22 bits per heavy atom. The molecule has 288 valence electrons. The van der Waals surface area contributed by atoms with E-state index in [0.717, 1.165) is 101 Å². The van der Waals surface area contributed by atoms with Crippen LogP contribution in [0.15, 0.2) is 54.6 Å². The van der Waals surface area contributed by atoms with Gasteiger partial charge in [0, 0.05) is 56.2 Å². The van der Waals surface area contributed by atoms with E-state index >= 15 is 0 Å². The Morgan fingerprint density at radius 1 is 0.833 bits per heavy atom. The van der Waals surface area contributed by atoms with E-state index in [2.05, 4.69) is 20.4 Å². The largest absolute Gasteiger partial charge is 0.493 e. The molecular weight excluding hydrogens is 729 g/mol. The Kier molecular flexibility index (Phi) is 12.0. The van der Waals surface area contributed by atoms with Crippen LogP contribution in [0.3, 0.4) is 0 Å². The van der Waals surface area contributed by atoms with Crippen molar-refractivity contribution >= 4 is 45.9 Å². The van der Waals surface area contributed by atoms with Gasteiger partial charge in [-0.3, -0.25) is 14.5 Å². The maximum atomic E-state index is 14.1. The number of para-hydroxylation sites is 2. The van der Waals surface area contributed by atoms with Crippen LogP contribution in [-0.2, 0) is 16.7 Å². The SMILES string of the molecule is COc1cc(C(=O)N2CCC(CCN3CCC(C(=O)c4nc5ccccc5n4CCN4CCOCC4)CC3)(c3ccc(Cl)c(Cl)c3)C2)cc(OC)c1OC. The predicted molar refractivity (Wildman–Crippen MR) is 210 cm³/mol. The number of benzene rings is 3. The average molecular weight is 779 g/mol. The standard InChI is InChI=1S/C41H49Cl2N5O6/c1-51-35-24-29(25-36(52-2)38(35)53-3)40(50)47-17-13-41(27-47,30-8-9-31(42)32(43)26-30)12-16-45-14-10-28(11-15-45)37(49)39-44-33-6-4-5-7-34(33)48(39)19-18-46-20-22-54-23-21-46/h4-9,24-26,28H,10-23,27H2,1-3H3. The number of Topliss-reactive ketones (excluding diaryl/α,β-unsaturated/α-hetero) is 1. The van der Waals surface area contributed by atoms with Crippen molar-refractivity contribution in [1.82, 2.24) is 24.3 Å². The Labute approximate surface area is 327 Å². The molecule has 4 heterocycles. The Morgan fingerprint density at radius 2 is 1.54 bits per heavy atom. The molecule has 0 aliphatic carbocycles. The number of methoxy groups -OCH3 is 3. The third kappa shape index (κ3) is 7.93. The number of piperidine rings is 1. The third-order valence-corrected chi connectivity index (χ3v) is 12.3. The number of morpholine rings is 1. The fraction of sp³-hybridized carbons (Fsp3) is 0.488. The van der Waals surface area contributed by atoms with Gasteiger partial charge in [0.25, 0.3) is 5.91 Å². The summed E-state index contributed by atoms with van der Waals surface area (Å²) >= 11 is 12.9. The van der Waals surface area contributed by atoms with E-state index in [0.29, 0.717) is 51.8 Å². The van der Waals surface area contributed by atoms with Gasteiger partial charge >= 0.3 is 0 Å². The molecule has 1 unspecified atom stereocenters. The molecule has 11 nitrogen and oxygen atoms in total. The zero-order valence-electron chi connectivity index (χ0n) is 31.3. The number of likely N-dealkylation sites (tertiary alicyclic amines) is 2. The Bertz CT molecular complexity index is 1950. The van der Waals surface area contributed by atoms with Gasteiger partial charge in [0.2, 0.25) is 11.5 Å². The molecule has 1 aromatic heterocycles. The summed E-state index contributed by atoms with van der Waals surface area (Å²) in [4.78, 5) is 39.8. The fourth-order valence-corrected chi connectivity index (χ4v) is 8.67. The number of amides is 1. The van der Waals surface area contributed by atoms with Crippen molar-refractivity contribution in [3.05, 3.63) is 81.6 Å². The van der Waals surface area contributed by atoms with Crippen LogP contribution in [0.25, 0.3) is 11.0 Å². The minimum absolute atomic E-state index is 0.0812. The molecule has 0 N–H and O–H groups in total. The van der Waals surface area contributed by atoms with Crippen molar-refractivity contribution in [2.45, 2.75) is 37.6 Å². The van der Waals surface area contributed by atoms with Crippen LogP contribution in [0.1, 0.15) is 52.2 Å². The number of imidazole rings is 1. The first-order valence-corrected chi connectivity index (χ1v) is 19.6. The maximum Gasteiger partial charge on any atom is 0.254 e. The van der Waals surface area contributed by atoms with Crippen molar-refractivity contribution in [3.8, 4) is 17.2 Å². The van der Waals surface area contributed by atoms with E-state index in [9.17, 15) is 9.59 Å². The Balaban J connectivity index is 1.04. The zero-order chi connectivity index (χ0) is 37.8. The molecule has 7 rings (SSSR count). The van der Waals surface area contributed by atoms with Gasteiger partial charge in [-0.05, 0) is 87.3 Å². The van der Waals surface area contributed by atoms with Crippen molar-refractivity contribution in [1.29, 1.82) is 0 Å². The van der Waals surface area contributed by atoms with Crippen LogP contribution in [0, 0.1) is 5.92 Å². The van der Waals surface area contributed by atoms with E-state index in [-0.39, 0.29) is 23.0 Å². The van der Waals surface area contributed by atoms with Crippen molar-refractivity contribution < 1.29 is 28.5 Å². The van der Waals surface area contributed by atoms with Gasteiger partial charge in [0.15, 0.2) is 17.3 Å². The van der Waals surface area contributed by atoms with E-state index in [1.165, 1.54) is 0 Å². The first-order valence-electron chi connectivity index (χ1n) is 18.8. The number of hydrogen-bond acceptors (Lipinski definition) is 9. The number of hydrogen-bond donors (Lipinski definition) is 0. The number of aromatic nitrogens is 2.